The van der Waals surface area contributed by atoms with Gasteiger partial charge in [-0.15, -0.1) is 0 Å². The molecule has 0 amide bonds. The Morgan fingerprint density at radius 2 is 1.55 bits per heavy atom. The molecular weight excluding hydrogens is 356 g/mol. The van der Waals surface area contributed by atoms with Crippen molar-refractivity contribution in [3.63, 3.8) is 0 Å². The molecule has 6 unspecified atom stereocenters. The van der Waals surface area contributed by atoms with Gasteiger partial charge in [-0.3, -0.25) is 0 Å². The minimum absolute atomic E-state index is 0.239. The lowest BCUT2D eigenvalue weighted by molar-refractivity contribution is 0.0358. The number of unbranched alkanes of at least 4 members (excludes halogenated alkanes) is 2. The van der Waals surface area contributed by atoms with Crippen molar-refractivity contribution in [3.8, 4) is 0 Å². The number of aliphatic hydroxyl groups excluding tert-OH is 1. The zero-order valence-electron chi connectivity index (χ0n) is 20.6. The molecule has 1 aliphatic rings. The molecule has 0 aliphatic heterocycles. The van der Waals surface area contributed by atoms with E-state index >= 15 is 0 Å². The summed E-state index contributed by atoms with van der Waals surface area (Å²) < 4.78 is 0. The summed E-state index contributed by atoms with van der Waals surface area (Å²) in [5.74, 6) is 2.55. The van der Waals surface area contributed by atoms with Crippen LogP contribution in [0, 0.1) is 23.7 Å². The van der Waals surface area contributed by atoms with E-state index in [2.05, 4.69) is 40.7 Å². The van der Waals surface area contributed by atoms with Gasteiger partial charge in [-0.05, 0) is 62.7 Å². The average Bonchev–Trinajstić information content (AvgIpc) is 2.64. The molecule has 1 aliphatic carbocycles. The second-order valence-electron chi connectivity index (χ2n) is 10.9. The monoisotopic (exact) mass is 408 g/mol. The number of hydrogen-bond donors (Lipinski definition) is 2. The van der Waals surface area contributed by atoms with Gasteiger partial charge in [0, 0.05) is 0 Å². The fourth-order valence-corrected chi connectivity index (χ4v) is 4.83. The minimum atomic E-state index is -0.458. The number of allylic oxidation sites excluding steroid dienone is 1. The third-order valence-corrected chi connectivity index (χ3v) is 7.51. The van der Waals surface area contributed by atoms with Gasteiger partial charge >= 0.3 is 0 Å². The van der Waals surface area contributed by atoms with Crippen LogP contribution in [0.15, 0.2) is 11.6 Å². The summed E-state index contributed by atoms with van der Waals surface area (Å²) >= 11 is 0. The quantitative estimate of drug-likeness (QED) is 0.215. The lowest BCUT2D eigenvalue weighted by atomic mass is 9.78. The first-order chi connectivity index (χ1) is 13.6. The summed E-state index contributed by atoms with van der Waals surface area (Å²) in [6.07, 6.45) is 17.4. The highest BCUT2D eigenvalue weighted by Gasteiger charge is 2.25. The van der Waals surface area contributed by atoms with Gasteiger partial charge in [0.25, 0.3) is 0 Å². The Balaban J connectivity index is 2.13. The van der Waals surface area contributed by atoms with Gasteiger partial charge in [0.05, 0.1) is 11.7 Å². The van der Waals surface area contributed by atoms with E-state index in [0.29, 0.717) is 11.8 Å². The highest BCUT2D eigenvalue weighted by molar-refractivity contribution is 5.11. The zero-order valence-corrected chi connectivity index (χ0v) is 20.6. The maximum Gasteiger partial charge on any atom is 0.0751 e. The molecule has 2 heteroatoms. The molecule has 0 fully saturated rings. The maximum absolute atomic E-state index is 10.5. The molecule has 0 bridgehead atoms. The fourth-order valence-electron chi connectivity index (χ4n) is 4.83. The van der Waals surface area contributed by atoms with Gasteiger partial charge in [-0.25, -0.2) is 0 Å². The number of hydrogen-bond acceptors (Lipinski definition) is 2. The second-order valence-corrected chi connectivity index (χ2v) is 10.9. The summed E-state index contributed by atoms with van der Waals surface area (Å²) in [4.78, 5) is 0. The van der Waals surface area contributed by atoms with Crippen molar-refractivity contribution in [1.82, 2.24) is 0 Å². The van der Waals surface area contributed by atoms with E-state index in [1.54, 1.807) is 0 Å². The van der Waals surface area contributed by atoms with Crippen LogP contribution in [0.5, 0.6) is 0 Å². The van der Waals surface area contributed by atoms with E-state index in [4.69, 9.17) is 0 Å². The van der Waals surface area contributed by atoms with Crippen LogP contribution >= 0.6 is 0 Å². The molecular formula is C27H52O2. The second kappa shape index (κ2) is 13.9. The van der Waals surface area contributed by atoms with E-state index in [0.717, 1.165) is 43.9 Å². The molecule has 0 aromatic rings. The predicted octanol–water partition coefficient (Wildman–Crippen LogP) is 7.67. The van der Waals surface area contributed by atoms with Crippen molar-refractivity contribution in [2.45, 2.75) is 137 Å². The Kier molecular flexibility index (Phi) is 12.8. The van der Waals surface area contributed by atoms with Gasteiger partial charge in [-0.1, -0.05) is 97.6 Å². The molecule has 29 heavy (non-hydrogen) atoms. The van der Waals surface area contributed by atoms with Crippen LogP contribution in [0.1, 0.15) is 125 Å². The van der Waals surface area contributed by atoms with Gasteiger partial charge < -0.3 is 10.2 Å². The van der Waals surface area contributed by atoms with Crippen molar-refractivity contribution in [2.24, 2.45) is 23.7 Å². The topological polar surface area (TPSA) is 40.5 Å². The Morgan fingerprint density at radius 3 is 2.17 bits per heavy atom. The summed E-state index contributed by atoms with van der Waals surface area (Å²) in [6.45, 7) is 13.5. The number of aliphatic hydroxyl groups is 2. The first-order valence-corrected chi connectivity index (χ1v) is 12.7. The molecule has 0 heterocycles. The van der Waals surface area contributed by atoms with Crippen LogP contribution in [0.4, 0.5) is 0 Å². The van der Waals surface area contributed by atoms with E-state index in [1.165, 1.54) is 56.9 Å². The Hall–Kier alpha value is -0.340. The largest absolute Gasteiger partial charge is 0.390 e. The highest BCUT2D eigenvalue weighted by Crippen LogP contribution is 2.32. The van der Waals surface area contributed by atoms with E-state index < -0.39 is 5.60 Å². The summed E-state index contributed by atoms with van der Waals surface area (Å²) in [5, 5.41) is 20.7. The van der Waals surface area contributed by atoms with Gasteiger partial charge in [0.2, 0.25) is 0 Å². The van der Waals surface area contributed by atoms with Crippen molar-refractivity contribution in [2.75, 3.05) is 0 Å². The highest BCUT2D eigenvalue weighted by atomic mass is 16.3. The van der Waals surface area contributed by atoms with Crippen molar-refractivity contribution in [1.29, 1.82) is 0 Å². The molecule has 2 nitrogen and oxygen atoms in total. The first kappa shape index (κ1) is 26.7. The van der Waals surface area contributed by atoms with Crippen molar-refractivity contribution >= 4 is 0 Å². The van der Waals surface area contributed by atoms with Crippen LogP contribution in [0.25, 0.3) is 0 Å². The predicted molar refractivity (Wildman–Crippen MR) is 127 cm³/mol. The minimum Gasteiger partial charge on any atom is -0.390 e. The smallest absolute Gasteiger partial charge is 0.0751 e. The van der Waals surface area contributed by atoms with Gasteiger partial charge in [0.15, 0.2) is 0 Å². The molecule has 6 atom stereocenters. The van der Waals surface area contributed by atoms with Crippen LogP contribution in [0.2, 0.25) is 0 Å². The fraction of sp³-hybridized carbons (Fsp3) is 0.926. The van der Waals surface area contributed by atoms with Crippen LogP contribution in [-0.2, 0) is 0 Å². The summed E-state index contributed by atoms with van der Waals surface area (Å²) in [6, 6.07) is 0. The molecule has 0 aromatic carbocycles. The molecule has 172 valence electrons. The van der Waals surface area contributed by atoms with Crippen molar-refractivity contribution < 1.29 is 10.2 Å². The normalized spacial score (nSPS) is 26.6. The van der Waals surface area contributed by atoms with Crippen LogP contribution < -0.4 is 0 Å². The Morgan fingerprint density at radius 1 is 0.966 bits per heavy atom. The molecule has 1 rings (SSSR count). The number of rotatable bonds is 15. The lowest BCUT2D eigenvalue weighted by Gasteiger charge is -2.30. The van der Waals surface area contributed by atoms with E-state index in [9.17, 15) is 10.2 Å². The maximum atomic E-state index is 10.5. The first-order valence-electron chi connectivity index (χ1n) is 12.7. The SMILES string of the molecule is CCCCCC(C)(O)CCCC(C)CCCC(C)CCC1=CC(O)C(C)C(C)C1. The molecule has 0 radical (unpaired) electrons. The van der Waals surface area contributed by atoms with Crippen LogP contribution in [0.3, 0.4) is 0 Å². The van der Waals surface area contributed by atoms with Crippen molar-refractivity contribution in [3.05, 3.63) is 11.6 Å². The molecule has 2 N–H and O–H groups in total. The lowest BCUT2D eigenvalue weighted by Crippen LogP contribution is -2.27. The summed E-state index contributed by atoms with van der Waals surface area (Å²) in [7, 11) is 0. The third-order valence-electron chi connectivity index (χ3n) is 7.51. The van der Waals surface area contributed by atoms with Gasteiger partial charge in [-0.2, -0.15) is 0 Å². The average molecular weight is 409 g/mol. The molecule has 0 saturated heterocycles. The standard InChI is InChI=1S/C27H52O2/c1-7-8-9-17-27(6,29)18-11-14-21(2)12-10-13-22(3)15-16-25-19-23(4)24(5)26(28)20-25/h20-24,26,28-29H,7-19H2,1-6H3. The summed E-state index contributed by atoms with van der Waals surface area (Å²) in [5.41, 5.74) is 1.02. The van der Waals surface area contributed by atoms with Gasteiger partial charge in [0.1, 0.15) is 0 Å². The Labute approximate surface area is 182 Å². The van der Waals surface area contributed by atoms with E-state index in [1.807, 2.05) is 6.92 Å². The molecule has 0 spiro atoms. The zero-order chi connectivity index (χ0) is 21.9. The third kappa shape index (κ3) is 11.6. The molecule has 0 aromatic heterocycles. The molecule has 0 saturated carbocycles. The van der Waals surface area contributed by atoms with Crippen LogP contribution in [-0.4, -0.2) is 21.9 Å². The van der Waals surface area contributed by atoms with E-state index in [-0.39, 0.29) is 6.10 Å². The Bertz CT molecular complexity index is 453.